The van der Waals surface area contributed by atoms with Gasteiger partial charge in [-0.05, 0) is 43.2 Å². The summed E-state index contributed by atoms with van der Waals surface area (Å²) < 4.78 is 10.4. The number of hydrogen-bond acceptors (Lipinski definition) is 6. The van der Waals surface area contributed by atoms with Gasteiger partial charge in [-0.15, -0.1) is 0 Å². The van der Waals surface area contributed by atoms with E-state index < -0.39 is 11.6 Å². The van der Waals surface area contributed by atoms with Gasteiger partial charge in [-0.3, -0.25) is 19.3 Å². The topological polar surface area (TPSA) is 93.9 Å². The molecule has 3 aromatic rings. The fourth-order valence-electron chi connectivity index (χ4n) is 3.37. The number of amides is 2. The van der Waals surface area contributed by atoms with Gasteiger partial charge in [-0.1, -0.05) is 12.1 Å². The molecule has 0 radical (unpaired) electrons. The van der Waals surface area contributed by atoms with Gasteiger partial charge in [0.25, 0.3) is 11.8 Å². The van der Waals surface area contributed by atoms with Crippen molar-refractivity contribution in [3.63, 3.8) is 0 Å². The smallest absolute Gasteiger partial charge is 0.336 e. The van der Waals surface area contributed by atoms with Crippen LogP contribution >= 0.6 is 0 Å². The fraction of sp³-hybridized carbons (Fsp3) is 0.182. The summed E-state index contributed by atoms with van der Waals surface area (Å²) in [5.41, 5.74) is 1.40. The van der Waals surface area contributed by atoms with Crippen molar-refractivity contribution in [2.24, 2.45) is 0 Å². The van der Waals surface area contributed by atoms with Gasteiger partial charge in [0.05, 0.1) is 11.1 Å². The van der Waals surface area contributed by atoms with E-state index in [0.29, 0.717) is 16.7 Å². The minimum atomic E-state index is -0.504. The third kappa shape index (κ3) is 3.54. The van der Waals surface area contributed by atoms with Gasteiger partial charge < -0.3 is 9.15 Å². The molecule has 1 aliphatic rings. The number of benzene rings is 2. The number of carbonyl (C=O) groups is 3. The summed E-state index contributed by atoms with van der Waals surface area (Å²) >= 11 is 0. The Morgan fingerprint density at radius 1 is 1.00 bits per heavy atom. The van der Waals surface area contributed by atoms with Crippen molar-refractivity contribution >= 4 is 28.8 Å². The quantitative estimate of drug-likeness (QED) is 0.287. The fourth-order valence-corrected chi connectivity index (χ4v) is 3.37. The van der Waals surface area contributed by atoms with Gasteiger partial charge in [0, 0.05) is 30.5 Å². The van der Waals surface area contributed by atoms with Crippen molar-refractivity contribution < 1.29 is 23.5 Å². The maximum Gasteiger partial charge on any atom is 0.336 e. The Morgan fingerprint density at radius 3 is 2.38 bits per heavy atom. The van der Waals surface area contributed by atoms with Crippen LogP contribution in [0.3, 0.4) is 0 Å². The van der Waals surface area contributed by atoms with Crippen molar-refractivity contribution in [3.8, 4) is 5.75 Å². The first-order chi connectivity index (χ1) is 13.9. The Labute approximate surface area is 165 Å². The molecule has 146 valence electrons. The minimum absolute atomic E-state index is 0.0310. The second-order valence-corrected chi connectivity index (χ2v) is 6.79. The van der Waals surface area contributed by atoms with Crippen molar-refractivity contribution in [3.05, 3.63) is 75.6 Å². The number of nitrogens with zero attached hydrogens (tertiary/aromatic N) is 1. The maximum atomic E-state index is 12.3. The molecular weight excluding hydrogens is 374 g/mol. The highest BCUT2D eigenvalue weighted by Gasteiger charge is 2.34. The third-order valence-corrected chi connectivity index (χ3v) is 4.80. The monoisotopic (exact) mass is 391 g/mol. The van der Waals surface area contributed by atoms with Gasteiger partial charge in [-0.2, -0.15) is 0 Å². The second kappa shape index (κ2) is 7.35. The summed E-state index contributed by atoms with van der Waals surface area (Å²) in [6.07, 6.45) is 0.315. The van der Waals surface area contributed by atoms with Crippen LogP contribution in [0, 0.1) is 6.92 Å². The summed E-state index contributed by atoms with van der Waals surface area (Å²) in [5, 5.41) is 0.759. The summed E-state index contributed by atoms with van der Waals surface area (Å²) in [6.45, 7) is 1.93. The lowest BCUT2D eigenvalue weighted by Gasteiger charge is -2.13. The zero-order valence-electron chi connectivity index (χ0n) is 15.6. The predicted octanol–water partition coefficient (Wildman–Crippen LogP) is 3.08. The molecule has 0 bridgehead atoms. The first-order valence-corrected chi connectivity index (χ1v) is 9.14. The van der Waals surface area contributed by atoms with Crippen molar-refractivity contribution in [2.45, 2.75) is 19.8 Å². The molecule has 0 N–H and O–H groups in total. The van der Waals surface area contributed by atoms with Gasteiger partial charge in [-0.25, -0.2) is 4.79 Å². The molecule has 4 rings (SSSR count). The van der Waals surface area contributed by atoms with Crippen molar-refractivity contribution in [2.75, 3.05) is 6.54 Å². The van der Waals surface area contributed by atoms with Crippen LogP contribution in [-0.4, -0.2) is 29.2 Å². The van der Waals surface area contributed by atoms with Crippen LogP contribution in [-0.2, 0) is 4.79 Å². The Hall–Kier alpha value is -3.74. The zero-order valence-corrected chi connectivity index (χ0v) is 15.6. The van der Waals surface area contributed by atoms with Gasteiger partial charge in [0.2, 0.25) is 0 Å². The molecule has 0 spiro atoms. The molecule has 7 heteroatoms. The molecule has 2 aromatic carbocycles. The largest absolute Gasteiger partial charge is 0.426 e. The molecule has 0 aliphatic carbocycles. The van der Waals surface area contributed by atoms with Crippen LogP contribution < -0.4 is 10.4 Å². The normalized spacial score (nSPS) is 13.1. The average Bonchev–Trinajstić information content (AvgIpc) is 2.93. The van der Waals surface area contributed by atoms with Crippen LogP contribution in [0.25, 0.3) is 11.0 Å². The van der Waals surface area contributed by atoms with E-state index in [1.807, 2.05) is 0 Å². The second-order valence-electron chi connectivity index (χ2n) is 6.79. The first kappa shape index (κ1) is 18.6. The van der Waals surface area contributed by atoms with E-state index in [-0.39, 0.29) is 37.0 Å². The molecule has 2 amide bonds. The SMILES string of the molecule is Cc1cc(=O)oc2cc(OC(=O)CCCN3C(=O)c4ccccc4C3=O)ccc12. The summed E-state index contributed by atoms with van der Waals surface area (Å²) in [5.74, 6) is -0.939. The van der Waals surface area contributed by atoms with E-state index in [2.05, 4.69) is 0 Å². The summed E-state index contributed by atoms with van der Waals surface area (Å²) in [4.78, 5) is 49.4. The molecule has 0 fully saturated rings. The number of hydrogen-bond donors (Lipinski definition) is 0. The van der Waals surface area contributed by atoms with Crippen LogP contribution in [0.2, 0.25) is 0 Å². The zero-order chi connectivity index (χ0) is 20.5. The molecule has 7 nitrogen and oxygen atoms in total. The third-order valence-electron chi connectivity index (χ3n) is 4.80. The van der Waals surface area contributed by atoms with E-state index in [1.165, 1.54) is 12.1 Å². The van der Waals surface area contributed by atoms with Crippen LogP contribution in [0.5, 0.6) is 5.75 Å². The molecule has 0 saturated heterocycles. The lowest BCUT2D eigenvalue weighted by atomic mass is 10.1. The molecule has 1 aliphatic heterocycles. The summed E-state index contributed by atoms with van der Waals surface area (Å²) in [6, 6.07) is 12.9. The molecule has 1 aromatic heterocycles. The van der Waals surface area contributed by atoms with Gasteiger partial charge >= 0.3 is 11.6 Å². The Bertz CT molecular complexity index is 1170. The van der Waals surface area contributed by atoms with Crippen LogP contribution in [0.4, 0.5) is 0 Å². The van der Waals surface area contributed by atoms with Gasteiger partial charge in [0.15, 0.2) is 0 Å². The highest BCUT2D eigenvalue weighted by molar-refractivity contribution is 6.21. The molecular formula is C22H17NO6. The Morgan fingerprint density at radius 2 is 1.69 bits per heavy atom. The van der Waals surface area contributed by atoms with Crippen molar-refractivity contribution in [1.29, 1.82) is 0 Å². The number of imide groups is 1. The highest BCUT2D eigenvalue weighted by atomic mass is 16.5. The van der Waals surface area contributed by atoms with Gasteiger partial charge in [0.1, 0.15) is 11.3 Å². The van der Waals surface area contributed by atoms with E-state index in [0.717, 1.165) is 15.8 Å². The molecule has 0 atom stereocenters. The Balaban J connectivity index is 1.36. The number of esters is 1. The first-order valence-electron chi connectivity index (χ1n) is 9.14. The predicted molar refractivity (Wildman–Crippen MR) is 104 cm³/mol. The van der Waals surface area contributed by atoms with Crippen molar-refractivity contribution in [1.82, 2.24) is 4.90 Å². The Kier molecular flexibility index (Phi) is 4.72. The number of carbonyl (C=O) groups excluding carboxylic acids is 3. The lowest BCUT2D eigenvalue weighted by Crippen LogP contribution is -2.31. The molecule has 29 heavy (non-hydrogen) atoms. The summed E-state index contributed by atoms with van der Waals surface area (Å²) in [7, 11) is 0. The number of ether oxygens (including phenoxy) is 1. The van der Waals surface area contributed by atoms with E-state index in [4.69, 9.17) is 9.15 Å². The highest BCUT2D eigenvalue weighted by Crippen LogP contribution is 2.24. The van der Waals surface area contributed by atoms with Crippen LogP contribution in [0.1, 0.15) is 39.1 Å². The molecule has 2 heterocycles. The van der Waals surface area contributed by atoms with E-state index in [1.54, 1.807) is 43.3 Å². The molecule has 0 saturated carbocycles. The molecule has 0 unspecified atom stereocenters. The van der Waals surface area contributed by atoms with Crippen LogP contribution in [0.15, 0.2) is 57.7 Å². The lowest BCUT2D eigenvalue weighted by molar-refractivity contribution is -0.134. The average molecular weight is 391 g/mol. The van der Waals surface area contributed by atoms with E-state index >= 15 is 0 Å². The standard InChI is InChI=1S/C22H17NO6/c1-13-11-20(25)29-18-12-14(8-9-15(13)18)28-19(24)7-4-10-23-21(26)16-5-2-3-6-17(16)22(23)27/h2-3,5-6,8-9,11-12H,4,7,10H2,1H3. The minimum Gasteiger partial charge on any atom is -0.426 e. The number of fused-ring (bicyclic) bond motifs is 2. The van der Waals surface area contributed by atoms with E-state index in [9.17, 15) is 19.2 Å². The number of aryl methyl sites for hydroxylation is 1. The maximum absolute atomic E-state index is 12.3. The number of rotatable bonds is 5.